The first-order chi connectivity index (χ1) is 14.5. The van der Waals surface area contributed by atoms with E-state index >= 15 is 0 Å². The zero-order chi connectivity index (χ0) is 21.5. The quantitative estimate of drug-likeness (QED) is 0.254. The highest BCUT2D eigenvalue weighted by molar-refractivity contribution is 6.21. The molecule has 2 aliphatic rings. The number of Topliss-reactive ketones (excluding diaryl/α,β-unsaturated/α-hetero) is 1. The Morgan fingerprint density at radius 1 is 1.27 bits per heavy atom. The normalized spacial score (nSPS) is 25.6. The molecule has 0 spiro atoms. The molecule has 1 aromatic carbocycles. The molecule has 0 saturated heterocycles. The van der Waals surface area contributed by atoms with Crippen LogP contribution in [0.3, 0.4) is 0 Å². The Morgan fingerprint density at radius 3 is 2.90 bits per heavy atom. The van der Waals surface area contributed by atoms with Gasteiger partial charge < -0.3 is 14.6 Å². The number of rotatable bonds is 10. The lowest BCUT2D eigenvalue weighted by Crippen LogP contribution is -2.27. The number of allylic oxidation sites excluding steroid dienone is 2. The van der Waals surface area contributed by atoms with Gasteiger partial charge in [0.1, 0.15) is 5.75 Å². The average Bonchev–Trinajstić information content (AvgIpc) is 3.22. The Morgan fingerprint density at radius 2 is 2.10 bits per heavy atom. The van der Waals surface area contributed by atoms with Crippen molar-refractivity contribution in [3.63, 3.8) is 0 Å². The van der Waals surface area contributed by atoms with Crippen LogP contribution in [0.15, 0.2) is 30.4 Å². The van der Waals surface area contributed by atoms with Crippen molar-refractivity contribution in [1.29, 1.82) is 0 Å². The molecule has 6 heteroatoms. The molecule has 0 radical (unpaired) electrons. The van der Waals surface area contributed by atoms with Gasteiger partial charge >= 0.3 is 5.97 Å². The molecule has 1 N–H and O–H groups in total. The third-order valence-electron chi connectivity index (χ3n) is 6.07. The van der Waals surface area contributed by atoms with Gasteiger partial charge in [0.05, 0.1) is 19.3 Å². The molecule has 5 nitrogen and oxygen atoms in total. The number of benzene rings is 1. The van der Waals surface area contributed by atoms with Crippen molar-refractivity contribution in [2.45, 2.75) is 63.4 Å². The third kappa shape index (κ3) is 5.64. The predicted molar refractivity (Wildman–Crippen MR) is 116 cm³/mol. The zero-order valence-corrected chi connectivity index (χ0v) is 18.3. The second-order valence-corrected chi connectivity index (χ2v) is 8.63. The highest BCUT2D eigenvalue weighted by Gasteiger charge is 2.41. The number of aliphatic hydroxyl groups excluding tert-OH is 1. The van der Waals surface area contributed by atoms with Crippen LogP contribution in [0.1, 0.15) is 61.4 Å². The smallest absolute Gasteiger partial charge is 0.305 e. The lowest BCUT2D eigenvalue weighted by atomic mass is 9.92. The van der Waals surface area contributed by atoms with E-state index < -0.39 is 6.10 Å². The largest absolute Gasteiger partial charge is 0.493 e. The zero-order valence-electron chi connectivity index (χ0n) is 17.5. The number of unbranched alkanes of at least 4 members (excludes halogenated alkanes) is 1. The standard InChI is InChI=1S/C24H31ClO5/c1-2-29-24(28)11-6-4-3-5-8-16-19(22(27)14-20(16)25)15-30-23-10-7-9-17-18(23)12-13-21(17)26/h3,5,7,9-10,16,19-20,22,27H,2,4,6,8,11-15H2,1H3/b5-3-/t16-,19-,20-,22-/m1/s1. The predicted octanol–water partition coefficient (Wildman–Crippen LogP) is 4.48. The number of halogens is 1. The number of aliphatic hydroxyl groups is 1. The Labute approximate surface area is 183 Å². The fourth-order valence-corrected chi connectivity index (χ4v) is 4.91. The minimum atomic E-state index is -0.492. The van der Waals surface area contributed by atoms with Crippen molar-refractivity contribution < 1.29 is 24.2 Å². The van der Waals surface area contributed by atoms with E-state index in [0.717, 1.165) is 36.1 Å². The molecule has 3 rings (SSSR count). The van der Waals surface area contributed by atoms with E-state index in [1.54, 1.807) is 6.92 Å². The topological polar surface area (TPSA) is 72.8 Å². The Bertz CT molecular complexity index is 775. The van der Waals surface area contributed by atoms with Crippen LogP contribution in [-0.4, -0.2) is 41.6 Å². The number of hydrogen-bond donors (Lipinski definition) is 1. The van der Waals surface area contributed by atoms with Gasteiger partial charge in [-0.25, -0.2) is 0 Å². The van der Waals surface area contributed by atoms with Gasteiger partial charge in [-0.05, 0) is 51.0 Å². The van der Waals surface area contributed by atoms with Gasteiger partial charge in [0, 0.05) is 35.3 Å². The van der Waals surface area contributed by atoms with E-state index in [9.17, 15) is 14.7 Å². The summed E-state index contributed by atoms with van der Waals surface area (Å²) in [5.41, 5.74) is 1.74. The lowest BCUT2D eigenvalue weighted by Gasteiger charge is -2.23. The third-order valence-corrected chi connectivity index (χ3v) is 6.58. The average molecular weight is 435 g/mol. The van der Waals surface area contributed by atoms with Crippen molar-refractivity contribution in [1.82, 2.24) is 0 Å². The summed E-state index contributed by atoms with van der Waals surface area (Å²) in [5, 5.41) is 10.4. The monoisotopic (exact) mass is 434 g/mol. The van der Waals surface area contributed by atoms with Crippen LogP contribution in [0.4, 0.5) is 0 Å². The van der Waals surface area contributed by atoms with Crippen LogP contribution in [0.2, 0.25) is 0 Å². The molecule has 0 unspecified atom stereocenters. The molecule has 1 aromatic rings. The lowest BCUT2D eigenvalue weighted by molar-refractivity contribution is -0.143. The molecule has 164 valence electrons. The van der Waals surface area contributed by atoms with E-state index in [2.05, 4.69) is 12.2 Å². The van der Waals surface area contributed by atoms with Gasteiger partial charge in [0.2, 0.25) is 0 Å². The van der Waals surface area contributed by atoms with E-state index in [1.165, 1.54) is 0 Å². The Kier molecular flexibility index (Phi) is 8.34. The summed E-state index contributed by atoms with van der Waals surface area (Å²) < 4.78 is 11.0. The van der Waals surface area contributed by atoms with Crippen LogP contribution in [0.5, 0.6) is 5.75 Å². The van der Waals surface area contributed by atoms with Crippen molar-refractivity contribution >= 4 is 23.4 Å². The molecule has 0 aliphatic heterocycles. The van der Waals surface area contributed by atoms with Crippen molar-refractivity contribution in [3.8, 4) is 5.75 Å². The summed E-state index contributed by atoms with van der Waals surface area (Å²) in [6.45, 7) is 2.61. The maximum absolute atomic E-state index is 11.9. The maximum Gasteiger partial charge on any atom is 0.305 e. The van der Waals surface area contributed by atoms with Crippen LogP contribution >= 0.6 is 11.6 Å². The molecule has 0 amide bonds. The Hall–Kier alpha value is -1.85. The van der Waals surface area contributed by atoms with Crippen molar-refractivity contribution in [2.75, 3.05) is 13.2 Å². The van der Waals surface area contributed by atoms with Crippen LogP contribution in [0.25, 0.3) is 0 Å². The fourth-order valence-electron chi connectivity index (χ4n) is 4.44. The van der Waals surface area contributed by atoms with Crippen LogP contribution in [0, 0.1) is 11.8 Å². The van der Waals surface area contributed by atoms with Crippen LogP contribution in [-0.2, 0) is 16.0 Å². The first-order valence-electron chi connectivity index (χ1n) is 10.9. The summed E-state index contributed by atoms with van der Waals surface area (Å²) in [6.07, 6.45) is 8.25. The summed E-state index contributed by atoms with van der Waals surface area (Å²) in [6, 6.07) is 5.60. The highest BCUT2D eigenvalue weighted by Crippen LogP contribution is 2.39. The van der Waals surface area contributed by atoms with Gasteiger partial charge in [-0.15, -0.1) is 11.6 Å². The number of ether oxygens (including phenoxy) is 2. The molecular weight excluding hydrogens is 404 g/mol. The van der Waals surface area contributed by atoms with E-state index in [-0.39, 0.29) is 29.0 Å². The van der Waals surface area contributed by atoms with E-state index in [0.29, 0.717) is 38.9 Å². The minimum absolute atomic E-state index is 0.0513. The fraction of sp³-hybridized carbons (Fsp3) is 0.583. The molecule has 0 aromatic heterocycles. The van der Waals surface area contributed by atoms with E-state index in [4.69, 9.17) is 21.1 Å². The number of alkyl halides is 1. The SMILES string of the molecule is CCOC(=O)CCC/C=C\C[C@@H]1[C@@H](COc2cccc3c2CCC3=O)[C@H](O)C[C@H]1Cl. The molecule has 0 bridgehead atoms. The second-order valence-electron chi connectivity index (χ2n) is 8.07. The highest BCUT2D eigenvalue weighted by atomic mass is 35.5. The summed E-state index contributed by atoms with van der Waals surface area (Å²) in [7, 11) is 0. The first-order valence-corrected chi connectivity index (χ1v) is 11.4. The van der Waals surface area contributed by atoms with Crippen molar-refractivity contribution in [2.24, 2.45) is 11.8 Å². The minimum Gasteiger partial charge on any atom is -0.493 e. The number of carbonyl (C=O) groups is 2. The summed E-state index contributed by atoms with van der Waals surface area (Å²) >= 11 is 6.52. The van der Waals surface area contributed by atoms with Gasteiger partial charge in [0.25, 0.3) is 0 Å². The maximum atomic E-state index is 11.9. The molecule has 30 heavy (non-hydrogen) atoms. The van der Waals surface area contributed by atoms with Gasteiger partial charge in [-0.2, -0.15) is 0 Å². The van der Waals surface area contributed by atoms with Gasteiger partial charge in [0.15, 0.2) is 5.78 Å². The molecule has 0 heterocycles. The van der Waals surface area contributed by atoms with Crippen molar-refractivity contribution in [3.05, 3.63) is 41.5 Å². The molecule has 1 fully saturated rings. The number of carbonyl (C=O) groups excluding carboxylic acids is 2. The van der Waals surface area contributed by atoms with E-state index in [1.807, 2.05) is 18.2 Å². The number of fused-ring (bicyclic) bond motifs is 1. The molecule has 4 atom stereocenters. The number of ketones is 1. The number of hydrogen-bond acceptors (Lipinski definition) is 5. The van der Waals surface area contributed by atoms with Crippen LogP contribution < -0.4 is 4.74 Å². The Balaban J connectivity index is 1.51. The van der Waals surface area contributed by atoms with Gasteiger partial charge in [-0.3, -0.25) is 9.59 Å². The van der Waals surface area contributed by atoms with Gasteiger partial charge in [-0.1, -0.05) is 24.3 Å². The molecule has 2 aliphatic carbocycles. The molecule has 1 saturated carbocycles. The second kappa shape index (κ2) is 11.0. The number of esters is 1. The molecular formula is C24H31ClO5. The first kappa shape index (κ1) is 22.8. The summed E-state index contributed by atoms with van der Waals surface area (Å²) in [5.74, 6) is 0.836. The summed E-state index contributed by atoms with van der Waals surface area (Å²) in [4.78, 5) is 23.3.